The molecule has 0 aliphatic rings. The van der Waals surface area contributed by atoms with Crippen molar-refractivity contribution in [3.05, 3.63) is 0 Å². The Morgan fingerprint density at radius 3 is 0.971 bits per heavy atom. The molecule has 0 aromatic heterocycles. The molecule has 0 atom stereocenters. The Balaban J connectivity index is -0.00000512. The van der Waals surface area contributed by atoms with Gasteiger partial charge in [0.05, 0.1) is 54.4 Å². The van der Waals surface area contributed by atoms with Crippen LogP contribution in [0.2, 0.25) is 6.04 Å². The first-order valence-corrected chi connectivity index (χ1v) is 16.3. The molecule has 0 aliphatic carbocycles. The summed E-state index contributed by atoms with van der Waals surface area (Å²) in [6.07, 6.45) is 22.8. The normalized spacial score (nSPS) is 12.3. The van der Waals surface area contributed by atoms with Crippen molar-refractivity contribution in [3.63, 3.8) is 0 Å². The number of nitrogens with zero attached hydrogens (tertiary/aromatic N) is 2. The molecule has 0 aromatic carbocycles. The minimum atomic E-state index is -3.86. The lowest BCUT2D eigenvalue weighted by Gasteiger charge is -2.31. The molecule has 5 nitrogen and oxygen atoms in total. The van der Waals surface area contributed by atoms with Gasteiger partial charge in [-0.2, -0.15) is 0 Å². The molecule has 35 heavy (non-hydrogen) atoms. The third kappa shape index (κ3) is 30.7. The predicted molar refractivity (Wildman–Crippen MR) is 145 cm³/mol. The van der Waals surface area contributed by atoms with Crippen molar-refractivity contribution >= 4 is 8.80 Å². The van der Waals surface area contributed by atoms with Crippen LogP contribution >= 0.6 is 0 Å². The van der Waals surface area contributed by atoms with E-state index in [-0.39, 0.29) is 30.9 Å². The molecule has 0 radical (unpaired) electrons. The van der Waals surface area contributed by atoms with E-state index in [1.165, 1.54) is 116 Å². The van der Waals surface area contributed by atoms with E-state index in [0.29, 0.717) is 6.42 Å². The van der Waals surface area contributed by atoms with Crippen LogP contribution in [0.5, 0.6) is 0 Å². The number of rotatable bonds is 24. The van der Waals surface area contributed by atoms with Crippen LogP contribution in [0.25, 0.3) is 0 Å². The van der Waals surface area contributed by atoms with Crippen molar-refractivity contribution in [1.82, 2.24) is 0 Å². The summed E-state index contributed by atoms with van der Waals surface area (Å²) >= 11 is 0. The van der Waals surface area contributed by atoms with Gasteiger partial charge in [-0.1, -0.05) is 71.1 Å². The third-order valence-corrected chi connectivity index (χ3v) is 8.19. The zero-order valence-corrected chi connectivity index (χ0v) is 26.6. The molecule has 0 amide bonds. The summed E-state index contributed by atoms with van der Waals surface area (Å²) in [6, 6.07) is 0.154. The number of hydrogen-bond acceptors (Lipinski definition) is 3. The minimum absolute atomic E-state index is 0. The van der Waals surface area contributed by atoms with Crippen molar-refractivity contribution in [1.29, 1.82) is 0 Å². The molecule has 0 saturated heterocycles. The second-order valence-corrected chi connectivity index (χ2v) is 14.0. The van der Waals surface area contributed by atoms with Gasteiger partial charge < -0.3 is 48.2 Å². The Morgan fingerprint density at radius 2 is 0.686 bits per heavy atom. The highest BCUT2D eigenvalue weighted by Crippen LogP contribution is 2.14. The Bertz CT molecular complexity index is 451. The number of halogens is 2. The van der Waals surface area contributed by atoms with Crippen molar-refractivity contribution in [2.45, 2.75) is 122 Å². The fourth-order valence-electron chi connectivity index (χ4n) is 4.78. The maximum Gasteiger partial charge on any atom is 0.492 e. The average molecular weight is 562 g/mol. The van der Waals surface area contributed by atoms with E-state index in [4.69, 9.17) is 14.4 Å². The van der Waals surface area contributed by atoms with Gasteiger partial charge in [0.1, 0.15) is 0 Å². The first kappa shape index (κ1) is 40.1. The van der Waals surface area contributed by atoms with Gasteiger partial charge in [0.25, 0.3) is 0 Å². The molecule has 0 spiro atoms. The Labute approximate surface area is 233 Å². The fourth-order valence-corrected chi connectivity index (χ4v) is 5.41. The highest BCUT2D eigenvalue weighted by Gasteiger charge is 2.27. The molecule has 8 heteroatoms. The van der Waals surface area contributed by atoms with Gasteiger partial charge in [-0.15, -0.1) is 0 Å². The van der Waals surface area contributed by atoms with Gasteiger partial charge in [0.15, 0.2) is 0 Å². The Kier molecular flexibility index (Phi) is 27.1. The molecular formula is C27H62Cl2N2O3Si. The van der Waals surface area contributed by atoms with Crippen molar-refractivity contribution in [2.75, 3.05) is 54.4 Å². The maximum atomic E-state index is 9.14. The molecule has 0 rings (SSSR count). The van der Waals surface area contributed by atoms with Gasteiger partial charge >= 0.3 is 8.80 Å². The predicted octanol–water partition coefficient (Wildman–Crippen LogP) is -0.285. The molecule has 0 aromatic rings. The van der Waals surface area contributed by atoms with E-state index in [1.54, 1.807) is 0 Å². The molecule has 0 bridgehead atoms. The summed E-state index contributed by atoms with van der Waals surface area (Å²) in [7, 11) is 5.32. The van der Waals surface area contributed by atoms with Crippen molar-refractivity contribution in [3.8, 4) is 0 Å². The molecule has 0 heterocycles. The third-order valence-electron chi connectivity index (χ3n) is 7.17. The zero-order chi connectivity index (χ0) is 25.1. The molecule has 216 valence electrons. The first-order chi connectivity index (χ1) is 15.5. The lowest BCUT2D eigenvalue weighted by molar-refractivity contribution is -0.891. The van der Waals surface area contributed by atoms with Crippen LogP contribution in [0.15, 0.2) is 0 Å². The quantitative estimate of drug-likeness (QED) is 0.0863. The van der Waals surface area contributed by atoms with Crippen LogP contribution in [0.4, 0.5) is 0 Å². The lowest BCUT2D eigenvalue weighted by atomic mass is 10.1. The monoisotopic (exact) mass is 560 g/mol. The van der Waals surface area contributed by atoms with Crippen LogP contribution in [0.3, 0.4) is 0 Å². The van der Waals surface area contributed by atoms with Crippen LogP contribution in [0.1, 0.15) is 116 Å². The van der Waals surface area contributed by atoms with E-state index in [0.717, 1.165) is 22.1 Å². The summed E-state index contributed by atoms with van der Waals surface area (Å²) in [6.45, 7) is 6.89. The van der Waals surface area contributed by atoms with Gasteiger partial charge in [0.2, 0.25) is 0 Å². The summed E-state index contributed by atoms with van der Waals surface area (Å²) in [5.74, 6) is 0. The van der Waals surface area contributed by atoms with Gasteiger partial charge in [0, 0.05) is 12.5 Å². The molecule has 0 fully saturated rings. The van der Waals surface area contributed by atoms with Gasteiger partial charge in [-0.3, -0.25) is 0 Å². The smallest absolute Gasteiger partial charge is 0.492 e. The van der Waals surface area contributed by atoms with Crippen LogP contribution < -0.4 is 24.8 Å². The number of hydrogen-bond donors (Lipinski definition) is 3. The van der Waals surface area contributed by atoms with Crippen LogP contribution in [-0.4, -0.2) is 86.5 Å². The second kappa shape index (κ2) is 23.7. The van der Waals surface area contributed by atoms with Gasteiger partial charge in [-0.05, 0) is 38.5 Å². The lowest BCUT2D eigenvalue weighted by Crippen LogP contribution is -3.00. The van der Waals surface area contributed by atoms with Crippen LogP contribution in [0, 0.1) is 0 Å². The number of quaternary nitrogens is 2. The van der Waals surface area contributed by atoms with E-state index in [2.05, 4.69) is 35.1 Å². The molecule has 0 saturated carbocycles. The van der Waals surface area contributed by atoms with E-state index in [1.807, 2.05) is 0 Å². The van der Waals surface area contributed by atoms with Crippen LogP contribution in [-0.2, 0) is 0 Å². The average Bonchev–Trinajstić information content (AvgIpc) is 2.70. The standard InChI is InChI=1S/C27H62N2O3Si.2ClH/c1-6-7-8-9-10-11-12-13-14-15-16-19-23-28(2,3)24-20-17-18-21-25-29(4,5)26-22-27-33(30,31)32;;/h30-32H,6-27H2,1-5H3;2*1H/q+2;;/p-2. The van der Waals surface area contributed by atoms with Gasteiger partial charge in [-0.25, -0.2) is 0 Å². The molecule has 0 aliphatic heterocycles. The van der Waals surface area contributed by atoms with E-state index < -0.39 is 8.80 Å². The highest BCUT2D eigenvalue weighted by atomic mass is 35.5. The summed E-state index contributed by atoms with van der Waals surface area (Å²) in [5.41, 5.74) is 0. The zero-order valence-electron chi connectivity index (χ0n) is 24.0. The Hall–Kier alpha value is 0.597. The largest absolute Gasteiger partial charge is 1.00 e. The number of unbranched alkanes of at least 4 members (excludes halogenated alkanes) is 14. The summed E-state index contributed by atoms with van der Waals surface area (Å²) in [5, 5.41) is 0. The molecule has 3 N–H and O–H groups in total. The van der Waals surface area contributed by atoms with Crippen molar-refractivity contribution < 1.29 is 48.2 Å². The Morgan fingerprint density at radius 1 is 0.429 bits per heavy atom. The minimum Gasteiger partial charge on any atom is -1.00 e. The van der Waals surface area contributed by atoms with E-state index in [9.17, 15) is 0 Å². The fraction of sp³-hybridized carbons (Fsp3) is 1.00. The van der Waals surface area contributed by atoms with Crippen molar-refractivity contribution in [2.24, 2.45) is 0 Å². The summed E-state index contributed by atoms with van der Waals surface area (Å²) in [4.78, 5) is 27.4. The summed E-state index contributed by atoms with van der Waals surface area (Å²) < 4.78 is 2.05. The topological polar surface area (TPSA) is 60.7 Å². The maximum absolute atomic E-state index is 9.14. The molecule has 0 unspecified atom stereocenters. The second-order valence-electron chi connectivity index (χ2n) is 11.9. The highest BCUT2D eigenvalue weighted by molar-refractivity contribution is 6.56. The first-order valence-electron chi connectivity index (χ1n) is 14.3. The molecular weight excluding hydrogens is 499 g/mol. The van der Waals surface area contributed by atoms with E-state index >= 15 is 0 Å². The SMILES string of the molecule is CCCCCCCCCCCCCC[N+](C)(C)CCCCCC[N+](C)(C)CCC[Si](O)(O)O.[Cl-].[Cl-].